The number of nitrogens with zero attached hydrogens (tertiary/aromatic N) is 2. The molecular formula is C9H18N4O2S. The zero-order valence-electron chi connectivity index (χ0n) is 9.89. The van der Waals surface area contributed by atoms with Crippen molar-refractivity contribution >= 4 is 9.92 Å². The average Bonchev–Trinajstić information content (AvgIpc) is 2.44. The van der Waals surface area contributed by atoms with E-state index in [1.165, 1.54) is 0 Å². The van der Waals surface area contributed by atoms with Gasteiger partial charge in [-0.3, -0.25) is 4.68 Å². The van der Waals surface area contributed by atoms with Crippen LogP contribution in [0.3, 0.4) is 0 Å². The molecule has 7 heteroatoms. The number of hydrogen-bond acceptors (Lipinski definition) is 4. The Morgan fingerprint density at radius 2 is 2.12 bits per heavy atom. The highest BCUT2D eigenvalue weighted by molar-refractivity contribution is 7.90. The lowest BCUT2D eigenvalue weighted by atomic mass is 10.0. The zero-order chi connectivity index (χ0) is 12.7. The molecule has 1 atom stereocenters. The van der Waals surface area contributed by atoms with Gasteiger partial charge in [0, 0.05) is 17.8 Å². The fraction of sp³-hybridized carbons (Fsp3) is 0.667. The summed E-state index contributed by atoms with van der Waals surface area (Å²) in [5.74, 6) is 0. The molecule has 92 valence electrons. The van der Waals surface area contributed by atoms with Crippen LogP contribution in [0.1, 0.15) is 39.3 Å². The van der Waals surface area contributed by atoms with Crippen LogP contribution in [-0.4, -0.2) is 19.1 Å². The zero-order valence-corrected chi connectivity index (χ0v) is 10.7. The number of aliphatic hydroxyl groups is 1. The predicted octanol–water partition coefficient (Wildman–Crippen LogP) is 0.971. The molecule has 1 aromatic rings. The molecular weight excluding hydrogens is 228 g/mol. The number of nitrogens with one attached hydrogen (secondary N) is 1. The van der Waals surface area contributed by atoms with E-state index in [1.54, 1.807) is 24.7 Å². The summed E-state index contributed by atoms with van der Waals surface area (Å²) in [7, 11) is -3.42. The van der Waals surface area contributed by atoms with Crippen LogP contribution in [0, 0.1) is 4.78 Å². The Balaban J connectivity index is 3.48. The Hall–Kier alpha value is -0.920. The second-order valence-electron chi connectivity index (χ2n) is 4.58. The highest BCUT2D eigenvalue weighted by Crippen LogP contribution is 2.26. The van der Waals surface area contributed by atoms with Gasteiger partial charge in [-0.1, -0.05) is 0 Å². The summed E-state index contributed by atoms with van der Waals surface area (Å²) in [5.41, 5.74) is -0.880. The molecule has 0 spiro atoms. The molecule has 1 rings (SSSR count). The summed E-state index contributed by atoms with van der Waals surface area (Å²) < 4.78 is 20.5. The van der Waals surface area contributed by atoms with Crippen LogP contribution in [-0.2, 0) is 15.5 Å². The van der Waals surface area contributed by atoms with E-state index in [2.05, 4.69) is 5.10 Å². The number of aromatic nitrogens is 2. The molecule has 0 saturated carbocycles. The Kier molecular flexibility index (Phi) is 3.15. The molecule has 0 bridgehead atoms. The molecule has 0 radical (unpaired) electrons. The van der Waals surface area contributed by atoms with Crippen LogP contribution in [0.5, 0.6) is 0 Å². The Morgan fingerprint density at radius 1 is 1.62 bits per heavy atom. The van der Waals surface area contributed by atoms with Gasteiger partial charge >= 0.3 is 0 Å². The molecule has 0 amide bonds. The molecule has 0 aromatic carbocycles. The number of nitrogens with two attached hydrogens (primary N) is 1. The van der Waals surface area contributed by atoms with Gasteiger partial charge in [0.15, 0.2) is 14.9 Å². The molecule has 1 unspecified atom stereocenters. The van der Waals surface area contributed by atoms with Crippen molar-refractivity contribution in [1.82, 2.24) is 9.78 Å². The Bertz CT molecular complexity index is 482. The van der Waals surface area contributed by atoms with Crippen molar-refractivity contribution in [3.63, 3.8) is 0 Å². The predicted molar refractivity (Wildman–Crippen MR) is 61.2 cm³/mol. The smallest absolute Gasteiger partial charge is 0.178 e. The van der Waals surface area contributed by atoms with Crippen LogP contribution in [0.4, 0.5) is 0 Å². The molecule has 1 aromatic heterocycles. The first-order chi connectivity index (χ1) is 7.03. The van der Waals surface area contributed by atoms with E-state index in [9.17, 15) is 9.32 Å². The quantitative estimate of drug-likeness (QED) is 0.740. The van der Waals surface area contributed by atoms with Gasteiger partial charge in [-0.15, -0.1) is 0 Å². The summed E-state index contributed by atoms with van der Waals surface area (Å²) in [4.78, 5) is 0. The van der Waals surface area contributed by atoms with Crippen LogP contribution >= 0.6 is 0 Å². The first kappa shape index (κ1) is 13.1. The van der Waals surface area contributed by atoms with E-state index in [1.807, 2.05) is 13.8 Å². The minimum atomic E-state index is -3.42. The lowest BCUT2D eigenvalue weighted by Crippen LogP contribution is -2.21. The number of rotatable bonds is 3. The number of hydrogen-bond donors (Lipinski definition) is 3. The Morgan fingerprint density at radius 3 is 2.38 bits per heavy atom. The van der Waals surface area contributed by atoms with Gasteiger partial charge in [-0.05, 0) is 27.7 Å². The summed E-state index contributed by atoms with van der Waals surface area (Å²) in [6.45, 7) is 6.88. The molecule has 0 aliphatic carbocycles. The van der Waals surface area contributed by atoms with Crippen molar-refractivity contribution < 1.29 is 9.32 Å². The van der Waals surface area contributed by atoms with E-state index in [0.29, 0.717) is 5.56 Å². The maximum absolute atomic E-state index is 11.5. The van der Waals surface area contributed by atoms with Crippen LogP contribution in [0.15, 0.2) is 11.2 Å². The third-order valence-electron chi connectivity index (χ3n) is 2.17. The maximum atomic E-state index is 11.5. The van der Waals surface area contributed by atoms with Gasteiger partial charge in [0.1, 0.15) is 0 Å². The highest BCUT2D eigenvalue weighted by atomic mass is 32.2. The van der Waals surface area contributed by atoms with Crippen LogP contribution in [0.2, 0.25) is 0 Å². The Labute approximate surface area is 95.6 Å². The summed E-state index contributed by atoms with van der Waals surface area (Å²) in [6, 6.07) is 0.0524. The first-order valence-corrected chi connectivity index (χ1v) is 6.54. The second kappa shape index (κ2) is 3.83. The van der Waals surface area contributed by atoms with E-state index in [-0.39, 0.29) is 11.1 Å². The summed E-state index contributed by atoms with van der Waals surface area (Å²) >= 11 is 0. The van der Waals surface area contributed by atoms with Crippen molar-refractivity contribution in [1.29, 1.82) is 4.78 Å². The molecule has 0 aliphatic rings. The lowest BCUT2D eigenvalue weighted by Gasteiger charge is -2.16. The second-order valence-corrected chi connectivity index (χ2v) is 6.17. The fourth-order valence-electron chi connectivity index (χ4n) is 1.28. The van der Waals surface area contributed by atoms with Crippen molar-refractivity contribution in [3.8, 4) is 0 Å². The molecule has 1 heterocycles. The average molecular weight is 246 g/mol. The molecule has 16 heavy (non-hydrogen) atoms. The van der Waals surface area contributed by atoms with Crippen molar-refractivity contribution in [2.75, 3.05) is 0 Å². The fourth-order valence-corrected chi connectivity index (χ4v) is 2.13. The summed E-state index contributed by atoms with van der Waals surface area (Å²) in [6.07, 6.45) is 1.58. The van der Waals surface area contributed by atoms with Gasteiger partial charge in [-0.2, -0.15) is 5.10 Å². The normalized spacial score (nSPS) is 16.4. The SMILES string of the molecule is CC(C)n1cc(C(C)(C)O)c(S(=N)(N)=O)n1. The van der Waals surface area contributed by atoms with Crippen molar-refractivity contribution in [2.45, 2.75) is 44.4 Å². The van der Waals surface area contributed by atoms with E-state index >= 15 is 0 Å². The molecule has 0 aliphatic heterocycles. The van der Waals surface area contributed by atoms with E-state index < -0.39 is 15.5 Å². The van der Waals surface area contributed by atoms with Gasteiger partial charge in [0.05, 0.1) is 5.60 Å². The third kappa shape index (κ3) is 2.60. The van der Waals surface area contributed by atoms with Gasteiger partial charge in [0.2, 0.25) is 0 Å². The van der Waals surface area contributed by atoms with Crippen LogP contribution in [0.25, 0.3) is 0 Å². The third-order valence-corrected chi connectivity index (χ3v) is 3.05. The van der Waals surface area contributed by atoms with Crippen molar-refractivity contribution in [3.05, 3.63) is 11.8 Å². The largest absolute Gasteiger partial charge is 0.386 e. The highest BCUT2D eigenvalue weighted by Gasteiger charge is 2.28. The maximum Gasteiger partial charge on any atom is 0.178 e. The topological polar surface area (TPSA) is 105 Å². The van der Waals surface area contributed by atoms with Gasteiger partial charge in [-0.25, -0.2) is 14.1 Å². The first-order valence-electron chi connectivity index (χ1n) is 4.92. The molecule has 0 saturated heterocycles. The summed E-state index contributed by atoms with van der Waals surface area (Å²) in [5, 5.41) is 19.2. The minimum Gasteiger partial charge on any atom is -0.386 e. The standard InChI is InChI=1S/C9H18N4O2S/c1-6(2)13-5-7(9(3,4)14)8(12-13)16(10,11)15/h5-6,14H,1-4H3,(H3,10,11,15). The van der Waals surface area contributed by atoms with Crippen LogP contribution < -0.4 is 5.14 Å². The molecule has 6 nitrogen and oxygen atoms in total. The molecule has 0 fully saturated rings. The van der Waals surface area contributed by atoms with E-state index in [4.69, 9.17) is 9.92 Å². The van der Waals surface area contributed by atoms with Crippen molar-refractivity contribution in [2.24, 2.45) is 5.14 Å². The van der Waals surface area contributed by atoms with Gasteiger partial charge in [0.25, 0.3) is 0 Å². The monoisotopic (exact) mass is 246 g/mol. The van der Waals surface area contributed by atoms with Gasteiger partial charge < -0.3 is 5.11 Å². The molecule has 4 N–H and O–H groups in total. The minimum absolute atomic E-state index is 0.0475. The van der Waals surface area contributed by atoms with E-state index in [0.717, 1.165) is 0 Å². The lowest BCUT2D eigenvalue weighted by molar-refractivity contribution is 0.0755.